The van der Waals surface area contributed by atoms with Crippen LogP contribution in [0.5, 0.6) is 0 Å². The predicted molar refractivity (Wildman–Crippen MR) is 137 cm³/mol. The van der Waals surface area contributed by atoms with Gasteiger partial charge < -0.3 is 5.11 Å². The average molecular weight is 435 g/mol. The van der Waals surface area contributed by atoms with Gasteiger partial charge in [-0.15, -0.1) is 0 Å². The summed E-state index contributed by atoms with van der Waals surface area (Å²) in [5.74, 6) is -1.12. The summed E-state index contributed by atoms with van der Waals surface area (Å²) in [6.45, 7) is 2.26. The molecule has 2 aromatic rings. The molecular formula is C30H42O2. The maximum Gasteiger partial charge on any atom is 0.310 e. The summed E-state index contributed by atoms with van der Waals surface area (Å²) in [5.41, 5.74) is 3.20. The Labute approximate surface area is 195 Å². The van der Waals surface area contributed by atoms with E-state index in [1.165, 1.54) is 57.8 Å². The average Bonchev–Trinajstić information content (AvgIpc) is 2.82. The third-order valence-electron chi connectivity index (χ3n) is 6.22. The molecule has 0 aliphatic heterocycles. The molecule has 0 aliphatic rings. The second-order valence-electron chi connectivity index (χ2n) is 8.90. The zero-order valence-corrected chi connectivity index (χ0v) is 20.0. The van der Waals surface area contributed by atoms with E-state index in [-0.39, 0.29) is 0 Å². The number of hydrogen-bond donors (Lipinski definition) is 1. The van der Waals surface area contributed by atoms with Crippen molar-refractivity contribution in [2.24, 2.45) is 0 Å². The molecule has 0 saturated carbocycles. The Balaban J connectivity index is 1.60. The molecule has 0 radical (unpaired) electrons. The van der Waals surface area contributed by atoms with Gasteiger partial charge in [-0.1, -0.05) is 125 Å². The Bertz CT molecular complexity index is 761. The molecule has 1 N–H and O–H groups in total. The van der Waals surface area contributed by atoms with E-state index in [0.717, 1.165) is 36.0 Å². The highest BCUT2D eigenvalue weighted by atomic mass is 16.4. The highest BCUT2D eigenvalue weighted by molar-refractivity contribution is 5.76. The van der Waals surface area contributed by atoms with E-state index in [0.29, 0.717) is 6.42 Å². The third kappa shape index (κ3) is 10.3. The summed E-state index contributed by atoms with van der Waals surface area (Å²) in [6, 6.07) is 18.2. The van der Waals surface area contributed by atoms with Gasteiger partial charge >= 0.3 is 5.97 Å². The Morgan fingerprint density at radius 3 is 1.84 bits per heavy atom. The second kappa shape index (κ2) is 16.3. The summed E-state index contributed by atoms with van der Waals surface area (Å²) >= 11 is 0. The van der Waals surface area contributed by atoms with Crippen LogP contribution in [-0.4, -0.2) is 11.1 Å². The number of hydrogen-bond acceptors (Lipinski definition) is 1. The van der Waals surface area contributed by atoms with Crippen LogP contribution in [0.4, 0.5) is 0 Å². The first-order chi connectivity index (χ1) is 15.7. The van der Waals surface area contributed by atoms with Crippen LogP contribution in [0.15, 0.2) is 66.7 Å². The van der Waals surface area contributed by atoms with Crippen molar-refractivity contribution >= 4 is 5.97 Å². The van der Waals surface area contributed by atoms with Crippen LogP contribution in [0, 0.1) is 0 Å². The zero-order chi connectivity index (χ0) is 22.9. The second-order valence-corrected chi connectivity index (χ2v) is 8.90. The molecule has 2 nitrogen and oxygen atoms in total. The lowest BCUT2D eigenvalue weighted by Gasteiger charge is -2.13. The molecule has 0 saturated heterocycles. The molecule has 32 heavy (non-hydrogen) atoms. The first-order valence-corrected chi connectivity index (χ1v) is 12.8. The SMILES string of the molecule is CCCCCCCC/C=C\CCCCCCC(C(=O)O)c1ccc(-c2ccccc2)cc1. The van der Waals surface area contributed by atoms with Crippen molar-refractivity contribution in [1.29, 1.82) is 0 Å². The fraction of sp³-hybridized carbons (Fsp3) is 0.500. The van der Waals surface area contributed by atoms with Crippen LogP contribution in [-0.2, 0) is 4.79 Å². The molecule has 2 rings (SSSR count). The summed E-state index contributed by atoms with van der Waals surface area (Å²) < 4.78 is 0. The Morgan fingerprint density at radius 2 is 1.25 bits per heavy atom. The first kappa shape index (κ1) is 25.9. The molecule has 2 heteroatoms. The number of allylic oxidation sites excluding steroid dienone is 2. The molecule has 1 unspecified atom stereocenters. The lowest BCUT2D eigenvalue weighted by atomic mass is 9.91. The van der Waals surface area contributed by atoms with Gasteiger partial charge in [0.15, 0.2) is 0 Å². The van der Waals surface area contributed by atoms with Crippen molar-refractivity contribution in [2.45, 2.75) is 96.3 Å². The lowest BCUT2D eigenvalue weighted by molar-refractivity contribution is -0.139. The summed E-state index contributed by atoms with van der Waals surface area (Å²) in [6.07, 6.45) is 20.4. The van der Waals surface area contributed by atoms with Crippen molar-refractivity contribution in [2.75, 3.05) is 0 Å². The molecule has 0 aromatic heterocycles. The van der Waals surface area contributed by atoms with Gasteiger partial charge in [0.1, 0.15) is 0 Å². The van der Waals surface area contributed by atoms with Gasteiger partial charge in [-0.25, -0.2) is 0 Å². The maximum atomic E-state index is 11.8. The van der Waals surface area contributed by atoms with Gasteiger partial charge in [0.2, 0.25) is 0 Å². The molecule has 174 valence electrons. The lowest BCUT2D eigenvalue weighted by Crippen LogP contribution is -2.11. The van der Waals surface area contributed by atoms with Crippen molar-refractivity contribution in [3.05, 3.63) is 72.3 Å². The fourth-order valence-corrected chi connectivity index (χ4v) is 4.21. The van der Waals surface area contributed by atoms with Crippen LogP contribution in [0.3, 0.4) is 0 Å². The Kier molecular flexibility index (Phi) is 13.2. The van der Waals surface area contributed by atoms with Gasteiger partial charge in [-0.2, -0.15) is 0 Å². The van der Waals surface area contributed by atoms with Crippen molar-refractivity contribution in [3.8, 4) is 11.1 Å². The molecular weight excluding hydrogens is 392 g/mol. The van der Waals surface area contributed by atoms with E-state index in [9.17, 15) is 9.90 Å². The fourth-order valence-electron chi connectivity index (χ4n) is 4.21. The smallest absolute Gasteiger partial charge is 0.310 e. The zero-order valence-electron chi connectivity index (χ0n) is 20.0. The van der Waals surface area contributed by atoms with E-state index < -0.39 is 11.9 Å². The predicted octanol–water partition coefficient (Wildman–Crippen LogP) is 9.17. The molecule has 0 fully saturated rings. The number of carboxylic acids is 1. The van der Waals surface area contributed by atoms with Gasteiger partial charge in [0, 0.05) is 0 Å². The molecule has 2 aromatic carbocycles. The minimum Gasteiger partial charge on any atom is -0.481 e. The number of carboxylic acid groups (broad SMARTS) is 1. The normalized spacial score (nSPS) is 12.3. The van der Waals surface area contributed by atoms with Crippen LogP contribution in [0.2, 0.25) is 0 Å². The molecule has 1 atom stereocenters. The van der Waals surface area contributed by atoms with E-state index >= 15 is 0 Å². The number of carbonyl (C=O) groups is 1. The standard InChI is InChI=1S/C30H42O2/c1-2-3-4-5-6-7-8-9-10-11-12-13-14-18-21-29(30(31)32)28-24-22-27(23-25-28)26-19-16-15-17-20-26/h9-10,15-17,19-20,22-25,29H,2-8,11-14,18,21H2,1H3,(H,31,32)/b10-9-. The van der Waals surface area contributed by atoms with Crippen LogP contribution in [0.1, 0.15) is 102 Å². The van der Waals surface area contributed by atoms with Gasteiger partial charge in [-0.3, -0.25) is 4.79 Å². The van der Waals surface area contributed by atoms with Crippen molar-refractivity contribution < 1.29 is 9.90 Å². The molecule has 0 heterocycles. The van der Waals surface area contributed by atoms with Gasteiger partial charge in [0.05, 0.1) is 5.92 Å². The highest BCUT2D eigenvalue weighted by Crippen LogP contribution is 2.26. The molecule has 0 aliphatic carbocycles. The number of rotatable bonds is 17. The number of benzene rings is 2. The topological polar surface area (TPSA) is 37.3 Å². The minimum atomic E-state index is -0.713. The largest absolute Gasteiger partial charge is 0.481 e. The Hall–Kier alpha value is -2.35. The van der Waals surface area contributed by atoms with Crippen LogP contribution >= 0.6 is 0 Å². The molecule has 0 spiro atoms. The summed E-state index contributed by atoms with van der Waals surface area (Å²) in [5, 5.41) is 9.71. The van der Waals surface area contributed by atoms with Gasteiger partial charge in [-0.05, 0) is 48.8 Å². The van der Waals surface area contributed by atoms with E-state index in [1.54, 1.807) is 0 Å². The van der Waals surface area contributed by atoms with Crippen LogP contribution in [0.25, 0.3) is 11.1 Å². The minimum absolute atomic E-state index is 0.406. The number of aliphatic carboxylic acids is 1. The number of unbranched alkanes of at least 4 members (excludes halogenated alkanes) is 10. The van der Waals surface area contributed by atoms with Crippen LogP contribution < -0.4 is 0 Å². The summed E-state index contributed by atoms with van der Waals surface area (Å²) in [7, 11) is 0. The summed E-state index contributed by atoms with van der Waals surface area (Å²) in [4.78, 5) is 11.8. The van der Waals surface area contributed by atoms with E-state index in [1.807, 2.05) is 42.5 Å². The van der Waals surface area contributed by atoms with E-state index in [2.05, 4.69) is 31.2 Å². The first-order valence-electron chi connectivity index (χ1n) is 12.8. The van der Waals surface area contributed by atoms with Gasteiger partial charge in [0.25, 0.3) is 0 Å². The Morgan fingerprint density at radius 1 is 0.719 bits per heavy atom. The van der Waals surface area contributed by atoms with Crippen molar-refractivity contribution in [3.63, 3.8) is 0 Å². The quantitative estimate of drug-likeness (QED) is 0.199. The third-order valence-corrected chi connectivity index (χ3v) is 6.22. The monoisotopic (exact) mass is 434 g/mol. The van der Waals surface area contributed by atoms with E-state index in [4.69, 9.17) is 0 Å². The maximum absolute atomic E-state index is 11.8. The highest BCUT2D eigenvalue weighted by Gasteiger charge is 2.19. The van der Waals surface area contributed by atoms with Crippen molar-refractivity contribution in [1.82, 2.24) is 0 Å². The molecule has 0 amide bonds. The molecule has 0 bridgehead atoms.